The van der Waals surface area contributed by atoms with E-state index in [1.54, 1.807) is 46.6 Å². The molecular formula is C33H33NO9Pr. The van der Waals surface area contributed by atoms with Gasteiger partial charge in [-0.1, -0.05) is 13.0 Å². The van der Waals surface area contributed by atoms with Gasteiger partial charge in [-0.25, -0.2) is 4.79 Å². The molecule has 0 atom stereocenters. The van der Waals surface area contributed by atoms with Crippen LogP contribution in [0, 0.1) is 41.3 Å². The summed E-state index contributed by atoms with van der Waals surface area (Å²) in [4.78, 5) is 13.8. The standard InChI is InChI=1S/C33H33NO9.Pr/c1-7-12-42-25-16-23-20(15-24(25)38-3)28-27(17-8-9-22(37-2)21(35)13-17)29-19-14-26(39-4)32(41-6)31(40-5)18(19)10-11-34(29)30(28)33(36)43-23;/h8-9,13-16,35H,7,10-12H2,1-6H3;. The third kappa shape index (κ3) is 4.92. The second-order valence-electron chi connectivity index (χ2n) is 10.1. The molecule has 3 aromatic carbocycles. The Balaban J connectivity index is 0.00000384. The Bertz CT molecular complexity index is 1940. The summed E-state index contributed by atoms with van der Waals surface area (Å²) in [5.41, 5.74) is 4.15. The van der Waals surface area contributed by atoms with Crippen molar-refractivity contribution in [3.8, 4) is 62.6 Å². The van der Waals surface area contributed by atoms with Crippen LogP contribution in [-0.4, -0.2) is 51.8 Å². The summed E-state index contributed by atoms with van der Waals surface area (Å²) in [6, 6.07) is 10.6. The number of aromatic nitrogens is 1. The number of ether oxygens (including phenoxy) is 6. The van der Waals surface area contributed by atoms with Crippen LogP contribution in [0.1, 0.15) is 18.9 Å². The maximum atomic E-state index is 13.8. The maximum Gasteiger partial charge on any atom is 0.361 e. The van der Waals surface area contributed by atoms with Crippen molar-refractivity contribution < 1.29 is 79.2 Å². The van der Waals surface area contributed by atoms with Crippen molar-refractivity contribution in [2.75, 3.05) is 42.2 Å². The molecule has 1 aliphatic heterocycles. The summed E-state index contributed by atoms with van der Waals surface area (Å²) in [7, 11) is 7.80. The molecule has 5 aromatic rings. The van der Waals surface area contributed by atoms with Gasteiger partial charge in [-0.15, -0.1) is 0 Å². The van der Waals surface area contributed by atoms with Crippen LogP contribution in [0.4, 0.5) is 0 Å². The van der Waals surface area contributed by atoms with Crippen molar-refractivity contribution in [2.24, 2.45) is 0 Å². The summed E-state index contributed by atoms with van der Waals surface area (Å²) in [5, 5.41) is 12.2. The molecule has 6 rings (SSSR count). The average Bonchev–Trinajstić information content (AvgIpc) is 3.38. The van der Waals surface area contributed by atoms with Gasteiger partial charge >= 0.3 is 5.63 Å². The molecule has 1 radical (unpaired) electrons. The molecule has 10 nitrogen and oxygen atoms in total. The molecule has 11 heteroatoms. The molecular weight excluding hydrogens is 695 g/mol. The topological polar surface area (TPSA) is 111 Å². The van der Waals surface area contributed by atoms with Crippen molar-refractivity contribution in [3.63, 3.8) is 0 Å². The third-order valence-electron chi connectivity index (χ3n) is 7.90. The number of benzene rings is 3. The van der Waals surface area contributed by atoms with Crippen molar-refractivity contribution >= 4 is 21.9 Å². The molecule has 227 valence electrons. The molecule has 2 aromatic heterocycles. The molecule has 0 saturated carbocycles. The van der Waals surface area contributed by atoms with E-state index >= 15 is 0 Å². The van der Waals surface area contributed by atoms with E-state index in [1.807, 2.05) is 29.7 Å². The maximum absolute atomic E-state index is 13.8. The Labute approximate surface area is 287 Å². The van der Waals surface area contributed by atoms with Gasteiger partial charge in [-0.05, 0) is 42.7 Å². The normalized spacial score (nSPS) is 11.9. The van der Waals surface area contributed by atoms with E-state index < -0.39 is 5.63 Å². The van der Waals surface area contributed by atoms with Crippen LogP contribution in [0.25, 0.3) is 44.3 Å². The number of phenols is 1. The SMILES string of the molecule is CCCOc1cc2oc(=O)c3c(c(-c4ccc(OC)c(O)c4)c4n3CCc3c-4cc(OC)c(OC)c3OC)c2cc1OC.[Pr]. The summed E-state index contributed by atoms with van der Waals surface area (Å²) >= 11 is 0. The molecule has 1 N–H and O–H groups in total. The van der Waals surface area contributed by atoms with Gasteiger partial charge in [0, 0.05) is 81.4 Å². The van der Waals surface area contributed by atoms with E-state index in [-0.39, 0.29) is 47.0 Å². The molecule has 0 saturated heterocycles. The molecule has 0 aliphatic carbocycles. The summed E-state index contributed by atoms with van der Waals surface area (Å²) < 4.78 is 42.1. The number of methoxy groups -OCH3 is 5. The van der Waals surface area contributed by atoms with Gasteiger partial charge in [0.25, 0.3) is 0 Å². The first-order valence-electron chi connectivity index (χ1n) is 13.9. The minimum atomic E-state index is -0.491. The second kappa shape index (κ2) is 12.8. The Kier molecular flexibility index (Phi) is 9.23. The number of nitrogens with zero attached hydrogens (tertiary/aromatic N) is 1. The van der Waals surface area contributed by atoms with Gasteiger partial charge in [0.2, 0.25) is 5.75 Å². The average molecular weight is 729 g/mol. The zero-order chi connectivity index (χ0) is 30.4. The van der Waals surface area contributed by atoms with Crippen LogP contribution in [0.2, 0.25) is 0 Å². The van der Waals surface area contributed by atoms with Crippen molar-refractivity contribution in [2.45, 2.75) is 26.3 Å². The second-order valence-corrected chi connectivity index (χ2v) is 10.1. The van der Waals surface area contributed by atoms with Gasteiger partial charge in [-0.2, -0.15) is 0 Å². The van der Waals surface area contributed by atoms with Gasteiger partial charge in [0.1, 0.15) is 11.1 Å². The Morgan fingerprint density at radius 3 is 2.23 bits per heavy atom. The Hall–Kier alpha value is -3.63. The predicted molar refractivity (Wildman–Crippen MR) is 163 cm³/mol. The minimum Gasteiger partial charge on any atom is -0.504 e. The number of rotatable bonds is 9. The van der Waals surface area contributed by atoms with E-state index in [2.05, 4.69) is 0 Å². The first kappa shape index (κ1) is 31.8. The monoisotopic (exact) mass is 728 g/mol. The van der Waals surface area contributed by atoms with Crippen LogP contribution in [0.15, 0.2) is 45.6 Å². The molecule has 0 bridgehead atoms. The first-order valence-corrected chi connectivity index (χ1v) is 13.9. The molecule has 0 unspecified atom stereocenters. The Morgan fingerprint density at radius 1 is 0.864 bits per heavy atom. The number of fused-ring (bicyclic) bond motifs is 7. The molecule has 44 heavy (non-hydrogen) atoms. The van der Waals surface area contributed by atoms with Gasteiger partial charge in [0.15, 0.2) is 34.5 Å². The zero-order valence-corrected chi connectivity index (χ0v) is 29.2. The van der Waals surface area contributed by atoms with Crippen LogP contribution in [-0.2, 0) is 13.0 Å². The van der Waals surface area contributed by atoms with Gasteiger partial charge < -0.3 is 42.5 Å². The largest absolute Gasteiger partial charge is 0.504 e. The number of aromatic hydroxyl groups is 1. The molecule has 0 fully saturated rings. The summed E-state index contributed by atoms with van der Waals surface area (Å²) in [6.07, 6.45) is 1.37. The van der Waals surface area contributed by atoms with Crippen molar-refractivity contribution in [1.82, 2.24) is 4.57 Å². The minimum absolute atomic E-state index is 0. The summed E-state index contributed by atoms with van der Waals surface area (Å²) in [5.74, 6) is 2.83. The van der Waals surface area contributed by atoms with Crippen LogP contribution in [0.5, 0.6) is 40.2 Å². The molecule has 0 spiro atoms. The number of aryl methyl sites for hydroxylation is 1. The van der Waals surface area contributed by atoms with E-state index in [0.717, 1.165) is 28.8 Å². The summed E-state index contributed by atoms with van der Waals surface area (Å²) in [6.45, 7) is 2.96. The van der Waals surface area contributed by atoms with Gasteiger partial charge in [-0.3, -0.25) is 0 Å². The molecule has 3 heterocycles. The molecule has 1 aliphatic rings. The van der Waals surface area contributed by atoms with Crippen molar-refractivity contribution in [3.05, 3.63) is 52.4 Å². The first-order chi connectivity index (χ1) is 20.9. The quantitative estimate of drug-likeness (QED) is 0.178. The van der Waals surface area contributed by atoms with Crippen LogP contribution < -0.4 is 34.0 Å². The van der Waals surface area contributed by atoms with Crippen molar-refractivity contribution in [1.29, 1.82) is 0 Å². The van der Waals surface area contributed by atoms with E-state index in [0.29, 0.717) is 81.5 Å². The number of hydrogen-bond donors (Lipinski definition) is 1. The fraction of sp³-hybridized carbons (Fsp3) is 0.303. The third-order valence-corrected chi connectivity index (χ3v) is 7.90. The number of phenolic OH excluding ortho intramolecular Hbond substituents is 1. The smallest absolute Gasteiger partial charge is 0.361 e. The number of hydrogen-bond acceptors (Lipinski definition) is 9. The molecule has 0 amide bonds. The fourth-order valence-corrected chi connectivity index (χ4v) is 6.08. The van der Waals surface area contributed by atoms with E-state index in [1.165, 1.54) is 7.11 Å². The van der Waals surface area contributed by atoms with E-state index in [4.69, 9.17) is 32.8 Å². The van der Waals surface area contributed by atoms with E-state index in [9.17, 15) is 9.90 Å². The van der Waals surface area contributed by atoms with Crippen LogP contribution in [0.3, 0.4) is 0 Å². The predicted octanol–water partition coefficient (Wildman–Crippen LogP) is 6.18. The Morgan fingerprint density at radius 2 is 1.59 bits per heavy atom. The zero-order valence-electron chi connectivity index (χ0n) is 25.5. The van der Waals surface area contributed by atoms with Gasteiger partial charge in [0.05, 0.1) is 47.8 Å². The van der Waals surface area contributed by atoms with Crippen LogP contribution >= 0.6 is 0 Å². The fourth-order valence-electron chi connectivity index (χ4n) is 6.08.